The molecule has 0 aromatic heterocycles. The molecule has 0 heterocycles. The number of nitrogens with one attached hydrogen (secondary N) is 1. The van der Waals surface area contributed by atoms with Gasteiger partial charge in [0.15, 0.2) is 0 Å². The summed E-state index contributed by atoms with van der Waals surface area (Å²) in [6.07, 6.45) is 0. The summed E-state index contributed by atoms with van der Waals surface area (Å²) >= 11 is 3.22. The molecule has 0 radical (unpaired) electrons. The number of hydrogen-bond acceptors (Lipinski definition) is 3. The number of nitrogen functional groups attached to an aromatic ring is 1. The summed E-state index contributed by atoms with van der Waals surface area (Å²) in [6, 6.07) is 5.02. The number of rotatable bonds is 2. The molecule has 4 nitrogen and oxygen atoms in total. The number of carbonyl (C=O) groups excluding carboxylic acids is 1. The van der Waals surface area contributed by atoms with Crippen LogP contribution in [0.3, 0.4) is 0 Å². The molecule has 0 atom stereocenters. The quantitative estimate of drug-likeness (QED) is 0.404. The second-order valence-corrected chi connectivity index (χ2v) is 3.35. The summed E-state index contributed by atoms with van der Waals surface area (Å²) in [7, 11) is 0. The average molecular weight is 245 g/mol. The minimum Gasteiger partial charge on any atom is -0.392 e. The zero-order chi connectivity index (χ0) is 9.84. The summed E-state index contributed by atoms with van der Waals surface area (Å²) in [6.45, 7) is -0.184. The number of aliphatic hydroxyl groups excluding tert-OH is 1. The maximum Gasteiger partial charge on any atom is 0.265 e. The molecular weight excluding hydrogens is 236 g/mol. The van der Waals surface area contributed by atoms with Gasteiger partial charge in [-0.3, -0.25) is 10.2 Å². The number of nitrogens with two attached hydrogens (primary N) is 1. The number of hydrazine groups is 1. The van der Waals surface area contributed by atoms with Crippen LogP contribution in [-0.4, -0.2) is 11.0 Å². The monoisotopic (exact) mass is 244 g/mol. The number of amides is 1. The lowest BCUT2D eigenvalue weighted by atomic mass is 10.1. The van der Waals surface area contributed by atoms with E-state index in [2.05, 4.69) is 15.9 Å². The molecule has 70 valence electrons. The molecule has 0 spiro atoms. The van der Waals surface area contributed by atoms with E-state index < -0.39 is 5.91 Å². The van der Waals surface area contributed by atoms with E-state index in [4.69, 9.17) is 10.9 Å². The van der Waals surface area contributed by atoms with E-state index in [0.717, 1.165) is 4.47 Å². The first-order valence-electron chi connectivity index (χ1n) is 3.59. The summed E-state index contributed by atoms with van der Waals surface area (Å²) in [5.41, 5.74) is 2.93. The van der Waals surface area contributed by atoms with Gasteiger partial charge in [-0.2, -0.15) is 0 Å². The van der Waals surface area contributed by atoms with E-state index >= 15 is 0 Å². The second kappa shape index (κ2) is 4.36. The zero-order valence-corrected chi connectivity index (χ0v) is 8.34. The lowest BCUT2D eigenvalue weighted by molar-refractivity contribution is 0.0950. The molecule has 1 aromatic rings. The number of halogens is 1. The van der Waals surface area contributed by atoms with Crippen LogP contribution in [0.5, 0.6) is 0 Å². The third-order valence-corrected chi connectivity index (χ3v) is 2.11. The van der Waals surface area contributed by atoms with Gasteiger partial charge in [-0.1, -0.05) is 22.0 Å². The summed E-state index contributed by atoms with van der Waals surface area (Å²) in [5, 5.41) is 8.92. The molecule has 1 rings (SSSR count). The topological polar surface area (TPSA) is 75.3 Å². The fourth-order valence-electron chi connectivity index (χ4n) is 0.976. The van der Waals surface area contributed by atoms with Gasteiger partial charge in [-0.15, -0.1) is 0 Å². The van der Waals surface area contributed by atoms with Crippen molar-refractivity contribution in [2.75, 3.05) is 0 Å². The van der Waals surface area contributed by atoms with Crippen molar-refractivity contribution in [1.82, 2.24) is 5.43 Å². The van der Waals surface area contributed by atoms with E-state index in [9.17, 15) is 4.79 Å². The third kappa shape index (κ3) is 2.27. The molecule has 0 saturated heterocycles. The Hall–Kier alpha value is -0.910. The Morgan fingerprint density at radius 1 is 1.62 bits per heavy atom. The second-order valence-electron chi connectivity index (χ2n) is 2.43. The van der Waals surface area contributed by atoms with E-state index in [1.54, 1.807) is 18.2 Å². The van der Waals surface area contributed by atoms with E-state index in [1.165, 1.54) is 0 Å². The molecule has 0 saturated carbocycles. The van der Waals surface area contributed by atoms with Crippen LogP contribution in [0.25, 0.3) is 0 Å². The van der Waals surface area contributed by atoms with Gasteiger partial charge in [0, 0.05) is 10.0 Å². The van der Waals surface area contributed by atoms with Crippen molar-refractivity contribution in [3.8, 4) is 0 Å². The highest BCUT2D eigenvalue weighted by molar-refractivity contribution is 9.10. The van der Waals surface area contributed by atoms with Crippen molar-refractivity contribution >= 4 is 21.8 Å². The van der Waals surface area contributed by atoms with Crippen LogP contribution in [0, 0.1) is 0 Å². The van der Waals surface area contributed by atoms with Crippen LogP contribution in [-0.2, 0) is 6.61 Å². The highest BCUT2D eigenvalue weighted by atomic mass is 79.9. The van der Waals surface area contributed by atoms with Crippen molar-refractivity contribution in [3.05, 3.63) is 33.8 Å². The minimum atomic E-state index is -0.412. The Kier molecular flexibility index (Phi) is 3.41. The molecule has 0 aliphatic carbocycles. The van der Waals surface area contributed by atoms with Gasteiger partial charge in [0.05, 0.1) is 6.61 Å². The first kappa shape index (κ1) is 10.2. The summed E-state index contributed by atoms with van der Waals surface area (Å²) < 4.78 is 0.767. The van der Waals surface area contributed by atoms with Crippen molar-refractivity contribution in [1.29, 1.82) is 0 Å². The first-order chi connectivity index (χ1) is 6.19. The van der Waals surface area contributed by atoms with Crippen LogP contribution in [0.2, 0.25) is 0 Å². The first-order valence-corrected chi connectivity index (χ1v) is 4.38. The molecule has 0 unspecified atom stereocenters. The maximum absolute atomic E-state index is 11.2. The Balaban J connectivity index is 3.15. The third-order valence-electron chi connectivity index (χ3n) is 1.62. The lowest BCUT2D eigenvalue weighted by Crippen LogP contribution is -2.30. The van der Waals surface area contributed by atoms with Gasteiger partial charge >= 0.3 is 0 Å². The van der Waals surface area contributed by atoms with Gasteiger partial charge in [0.25, 0.3) is 5.91 Å². The van der Waals surface area contributed by atoms with Gasteiger partial charge in [0.1, 0.15) is 0 Å². The standard InChI is InChI=1S/C8H9BrN2O2/c9-6-2-1-5(4-12)7(3-6)8(13)11-10/h1-3,12H,4,10H2,(H,11,13). The predicted molar refractivity (Wildman–Crippen MR) is 51.7 cm³/mol. The SMILES string of the molecule is NNC(=O)c1cc(Br)ccc1CO. The molecular formula is C8H9BrN2O2. The molecule has 5 heteroatoms. The molecule has 0 aliphatic rings. The van der Waals surface area contributed by atoms with Crippen LogP contribution in [0.1, 0.15) is 15.9 Å². The van der Waals surface area contributed by atoms with E-state index in [1.807, 2.05) is 5.43 Å². The normalized spacial score (nSPS) is 9.77. The van der Waals surface area contributed by atoms with Crippen molar-refractivity contribution in [2.45, 2.75) is 6.61 Å². The van der Waals surface area contributed by atoms with Gasteiger partial charge in [-0.25, -0.2) is 5.84 Å². The average Bonchev–Trinajstić information content (AvgIpc) is 2.16. The maximum atomic E-state index is 11.2. The Bertz CT molecular complexity index is 328. The summed E-state index contributed by atoms with van der Waals surface area (Å²) in [4.78, 5) is 11.2. The van der Waals surface area contributed by atoms with Crippen LogP contribution in [0.4, 0.5) is 0 Å². The molecule has 4 N–H and O–H groups in total. The molecule has 1 amide bonds. The molecule has 0 aliphatic heterocycles. The van der Waals surface area contributed by atoms with Gasteiger partial charge in [-0.05, 0) is 17.7 Å². The van der Waals surface area contributed by atoms with E-state index in [0.29, 0.717) is 11.1 Å². The molecule has 0 bridgehead atoms. The number of benzene rings is 1. The summed E-state index contributed by atoms with van der Waals surface area (Å²) in [5.74, 6) is 4.57. The highest BCUT2D eigenvalue weighted by Gasteiger charge is 2.09. The minimum absolute atomic E-state index is 0.184. The Labute approximate surface area is 83.8 Å². The Morgan fingerprint density at radius 3 is 2.85 bits per heavy atom. The number of carbonyl (C=O) groups is 1. The Morgan fingerprint density at radius 2 is 2.31 bits per heavy atom. The number of aliphatic hydroxyl groups is 1. The fraction of sp³-hybridized carbons (Fsp3) is 0.125. The van der Waals surface area contributed by atoms with Crippen LogP contribution < -0.4 is 11.3 Å². The van der Waals surface area contributed by atoms with Crippen molar-refractivity contribution in [2.24, 2.45) is 5.84 Å². The van der Waals surface area contributed by atoms with Crippen molar-refractivity contribution < 1.29 is 9.90 Å². The molecule has 13 heavy (non-hydrogen) atoms. The molecule has 1 aromatic carbocycles. The van der Waals surface area contributed by atoms with Crippen LogP contribution in [0.15, 0.2) is 22.7 Å². The fourth-order valence-corrected chi connectivity index (χ4v) is 1.34. The predicted octanol–water partition coefficient (Wildman–Crippen LogP) is 0.545. The smallest absolute Gasteiger partial charge is 0.265 e. The highest BCUT2D eigenvalue weighted by Crippen LogP contribution is 2.16. The van der Waals surface area contributed by atoms with Crippen LogP contribution >= 0.6 is 15.9 Å². The lowest BCUT2D eigenvalue weighted by Gasteiger charge is -2.05. The van der Waals surface area contributed by atoms with Crippen molar-refractivity contribution in [3.63, 3.8) is 0 Å². The molecule has 0 fully saturated rings. The zero-order valence-electron chi connectivity index (χ0n) is 6.75. The largest absolute Gasteiger partial charge is 0.392 e. The van der Waals surface area contributed by atoms with E-state index in [-0.39, 0.29) is 6.61 Å². The number of hydrogen-bond donors (Lipinski definition) is 3. The van der Waals surface area contributed by atoms with Gasteiger partial charge < -0.3 is 5.11 Å². The van der Waals surface area contributed by atoms with Gasteiger partial charge in [0.2, 0.25) is 0 Å².